The molecule has 0 bridgehead atoms. The Kier molecular flexibility index (Phi) is 5.30. The monoisotopic (exact) mass is 378 g/mol. The van der Waals surface area contributed by atoms with Crippen LogP contribution in [0.1, 0.15) is 15.9 Å². The number of nitrogens with zero attached hydrogens (tertiary/aromatic N) is 4. The third-order valence-electron chi connectivity index (χ3n) is 5.44. The molecule has 4 rings (SSSR count). The van der Waals surface area contributed by atoms with Crippen molar-refractivity contribution in [1.82, 2.24) is 19.6 Å². The maximum absolute atomic E-state index is 12.9. The van der Waals surface area contributed by atoms with Crippen LogP contribution in [0.2, 0.25) is 0 Å². The molecular formula is C22H26N4O2. The molecule has 0 radical (unpaired) electrons. The van der Waals surface area contributed by atoms with Gasteiger partial charge in [0.25, 0.3) is 5.91 Å². The first-order valence-electron chi connectivity index (χ1n) is 9.72. The van der Waals surface area contributed by atoms with Crippen LogP contribution in [-0.4, -0.2) is 65.3 Å². The molecule has 1 aliphatic heterocycles. The summed E-state index contributed by atoms with van der Waals surface area (Å²) in [6, 6.07) is 16.2. The lowest BCUT2D eigenvalue weighted by Crippen LogP contribution is -2.49. The fourth-order valence-electron chi connectivity index (χ4n) is 3.84. The van der Waals surface area contributed by atoms with Crippen LogP contribution in [0.25, 0.3) is 10.9 Å². The quantitative estimate of drug-likeness (QED) is 0.685. The van der Waals surface area contributed by atoms with Gasteiger partial charge in [-0.05, 0) is 30.2 Å². The number of ether oxygens (including phenoxy) is 1. The number of rotatable bonds is 5. The average molecular weight is 378 g/mol. The van der Waals surface area contributed by atoms with Crippen molar-refractivity contribution < 1.29 is 9.53 Å². The van der Waals surface area contributed by atoms with Gasteiger partial charge in [-0.2, -0.15) is 5.10 Å². The van der Waals surface area contributed by atoms with E-state index >= 15 is 0 Å². The first kappa shape index (κ1) is 18.5. The van der Waals surface area contributed by atoms with E-state index in [9.17, 15) is 4.79 Å². The fourth-order valence-corrected chi connectivity index (χ4v) is 3.84. The van der Waals surface area contributed by atoms with E-state index in [-0.39, 0.29) is 5.91 Å². The molecule has 0 unspecified atom stereocenters. The van der Waals surface area contributed by atoms with Crippen molar-refractivity contribution in [2.24, 2.45) is 7.05 Å². The second-order valence-electron chi connectivity index (χ2n) is 7.23. The molecule has 0 N–H and O–H groups in total. The highest BCUT2D eigenvalue weighted by atomic mass is 16.5. The van der Waals surface area contributed by atoms with Crippen LogP contribution in [0.3, 0.4) is 0 Å². The van der Waals surface area contributed by atoms with E-state index < -0.39 is 0 Å². The molecule has 6 nitrogen and oxygen atoms in total. The van der Waals surface area contributed by atoms with E-state index in [1.807, 2.05) is 36.2 Å². The Morgan fingerprint density at radius 2 is 1.82 bits per heavy atom. The van der Waals surface area contributed by atoms with Crippen LogP contribution in [0.5, 0.6) is 5.88 Å². The molecule has 3 aromatic rings. The summed E-state index contributed by atoms with van der Waals surface area (Å²) in [5.41, 5.74) is 2.83. The van der Waals surface area contributed by atoms with Crippen molar-refractivity contribution in [3.05, 3.63) is 59.7 Å². The van der Waals surface area contributed by atoms with Crippen molar-refractivity contribution in [3.8, 4) is 5.88 Å². The summed E-state index contributed by atoms with van der Waals surface area (Å²) in [5.74, 6) is 0.787. The van der Waals surface area contributed by atoms with Gasteiger partial charge in [-0.15, -0.1) is 0 Å². The molecule has 0 spiro atoms. The maximum Gasteiger partial charge on any atom is 0.254 e. The second-order valence-corrected chi connectivity index (χ2v) is 7.23. The normalized spacial score (nSPS) is 15.1. The molecule has 146 valence electrons. The van der Waals surface area contributed by atoms with Crippen LogP contribution < -0.4 is 4.74 Å². The number of fused-ring (bicyclic) bond motifs is 1. The third kappa shape index (κ3) is 3.73. The molecule has 6 heteroatoms. The van der Waals surface area contributed by atoms with Crippen molar-refractivity contribution in [2.75, 3.05) is 39.8 Å². The molecule has 0 atom stereocenters. The molecule has 1 amide bonds. The molecule has 2 aromatic carbocycles. The summed E-state index contributed by atoms with van der Waals surface area (Å²) in [5, 5.41) is 5.37. The SMILES string of the molecule is COc1c2ccc(C(=O)N3CCN(CCc4ccccc4)CC3)cc2nn1C. The first-order valence-corrected chi connectivity index (χ1v) is 9.72. The van der Waals surface area contributed by atoms with E-state index in [1.54, 1.807) is 11.8 Å². The highest BCUT2D eigenvalue weighted by Gasteiger charge is 2.23. The molecule has 28 heavy (non-hydrogen) atoms. The van der Waals surface area contributed by atoms with E-state index in [0.29, 0.717) is 11.4 Å². The summed E-state index contributed by atoms with van der Waals surface area (Å²) < 4.78 is 7.08. The number of aryl methyl sites for hydroxylation is 1. The Labute approximate surface area is 165 Å². The highest BCUT2D eigenvalue weighted by Crippen LogP contribution is 2.25. The first-order chi connectivity index (χ1) is 13.7. The summed E-state index contributed by atoms with van der Waals surface area (Å²) >= 11 is 0. The Morgan fingerprint density at radius 3 is 2.54 bits per heavy atom. The van der Waals surface area contributed by atoms with Crippen LogP contribution in [0.15, 0.2) is 48.5 Å². The van der Waals surface area contributed by atoms with Crippen LogP contribution >= 0.6 is 0 Å². The van der Waals surface area contributed by atoms with Gasteiger partial charge in [0.05, 0.1) is 18.0 Å². The van der Waals surface area contributed by atoms with E-state index in [0.717, 1.165) is 50.0 Å². The predicted molar refractivity (Wildman–Crippen MR) is 110 cm³/mol. The number of hydrogen-bond acceptors (Lipinski definition) is 4. The maximum atomic E-state index is 12.9. The number of piperazine rings is 1. The lowest BCUT2D eigenvalue weighted by atomic mass is 10.1. The molecule has 0 saturated carbocycles. The van der Waals surface area contributed by atoms with Gasteiger partial charge in [-0.25, -0.2) is 4.68 Å². The summed E-state index contributed by atoms with van der Waals surface area (Å²) in [6.45, 7) is 4.39. The Balaban J connectivity index is 1.36. The zero-order valence-electron chi connectivity index (χ0n) is 16.5. The van der Waals surface area contributed by atoms with Gasteiger partial charge >= 0.3 is 0 Å². The largest absolute Gasteiger partial charge is 0.481 e. The molecule has 1 saturated heterocycles. The number of hydrogen-bond donors (Lipinski definition) is 0. The Bertz CT molecular complexity index is 959. The highest BCUT2D eigenvalue weighted by molar-refractivity contribution is 5.98. The van der Waals surface area contributed by atoms with Crippen molar-refractivity contribution in [2.45, 2.75) is 6.42 Å². The zero-order chi connectivity index (χ0) is 19.5. The van der Waals surface area contributed by atoms with E-state index in [1.165, 1.54) is 5.56 Å². The van der Waals surface area contributed by atoms with Crippen molar-refractivity contribution in [1.29, 1.82) is 0 Å². The number of amides is 1. The molecule has 1 aliphatic rings. The van der Waals surface area contributed by atoms with Gasteiger partial charge in [-0.3, -0.25) is 9.69 Å². The van der Waals surface area contributed by atoms with Gasteiger partial charge in [0.15, 0.2) is 0 Å². The average Bonchev–Trinajstić information content (AvgIpc) is 3.07. The Hall–Kier alpha value is -2.86. The number of carbonyl (C=O) groups excluding carboxylic acids is 1. The second kappa shape index (κ2) is 8.02. The van der Waals surface area contributed by atoms with Crippen molar-refractivity contribution in [3.63, 3.8) is 0 Å². The van der Waals surface area contributed by atoms with Gasteiger partial charge in [0.1, 0.15) is 0 Å². The molecule has 0 aliphatic carbocycles. The van der Waals surface area contributed by atoms with Crippen LogP contribution in [0.4, 0.5) is 0 Å². The van der Waals surface area contributed by atoms with Gasteiger partial charge < -0.3 is 9.64 Å². The standard InChI is InChI=1S/C22H26N4O2/c1-24-22(28-2)19-9-8-18(16-20(19)23-24)21(27)26-14-12-25(13-15-26)11-10-17-6-4-3-5-7-17/h3-9,16H,10-15H2,1-2H3. The fraction of sp³-hybridized carbons (Fsp3) is 0.364. The van der Waals surface area contributed by atoms with Gasteiger partial charge in [0, 0.05) is 45.3 Å². The predicted octanol–water partition coefficient (Wildman–Crippen LogP) is 2.58. The van der Waals surface area contributed by atoms with Crippen LogP contribution in [0, 0.1) is 0 Å². The van der Waals surface area contributed by atoms with E-state index in [4.69, 9.17) is 4.74 Å². The minimum absolute atomic E-state index is 0.0780. The summed E-state index contributed by atoms with van der Waals surface area (Å²) in [4.78, 5) is 17.3. The zero-order valence-corrected chi connectivity index (χ0v) is 16.5. The minimum atomic E-state index is 0.0780. The number of benzene rings is 2. The number of aromatic nitrogens is 2. The van der Waals surface area contributed by atoms with Crippen molar-refractivity contribution >= 4 is 16.8 Å². The molecule has 2 heterocycles. The Morgan fingerprint density at radius 1 is 1.07 bits per heavy atom. The topological polar surface area (TPSA) is 50.6 Å². The summed E-state index contributed by atoms with van der Waals surface area (Å²) in [6.07, 6.45) is 1.05. The van der Waals surface area contributed by atoms with E-state index in [2.05, 4.69) is 34.3 Å². The lowest BCUT2D eigenvalue weighted by molar-refractivity contribution is 0.0638. The molecular weight excluding hydrogens is 352 g/mol. The van der Waals surface area contributed by atoms with Crippen LogP contribution in [-0.2, 0) is 13.5 Å². The minimum Gasteiger partial charge on any atom is -0.481 e. The lowest BCUT2D eigenvalue weighted by Gasteiger charge is -2.34. The molecule has 1 aromatic heterocycles. The summed E-state index contributed by atoms with van der Waals surface area (Å²) in [7, 11) is 3.47. The van der Waals surface area contributed by atoms with Gasteiger partial charge in [-0.1, -0.05) is 30.3 Å². The molecule has 1 fully saturated rings. The smallest absolute Gasteiger partial charge is 0.254 e. The number of carbonyl (C=O) groups is 1. The van der Waals surface area contributed by atoms with Gasteiger partial charge in [0.2, 0.25) is 5.88 Å². The third-order valence-corrected chi connectivity index (χ3v) is 5.44. The number of methoxy groups -OCH3 is 1.